The molecule has 2 heterocycles. The summed E-state index contributed by atoms with van der Waals surface area (Å²) in [5.74, 6) is 0.837. The highest BCUT2D eigenvalue weighted by Gasteiger charge is 2.11. The topological polar surface area (TPSA) is 56.5 Å². The first kappa shape index (κ1) is 12.0. The smallest absolute Gasteiger partial charge is 0.151 e. The Morgan fingerprint density at radius 3 is 3.00 bits per heavy atom. The summed E-state index contributed by atoms with van der Waals surface area (Å²) >= 11 is 6.29. The number of benzene rings is 1. The van der Waals surface area contributed by atoms with Crippen LogP contribution in [0, 0.1) is 0 Å². The van der Waals surface area contributed by atoms with Crippen molar-refractivity contribution in [1.82, 2.24) is 25.2 Å². The zero-order chi connectivity index (χ0) is 13.2. The van der Waals surface area contributed by atoms with Crippen molar-refractivity contribution in [1.29, 1.82) is 0 Å². The molecule has 5 nitrogen and oxygen atoms in total. The van der Waals surface area contributed by atoms with E-state index in [1.54, 1.807) is 10.9 Å². The van der Waals surface area contributed by atoms with Crippen LogP contribution in [-0.4, -0.2) is 25.2 Å². The van der Waals surface area contributed by atoms with Crippen LogP contribution in [0.25, 0.3) is 10.9 Å². The van der Waals surface area contributed by atoms with Crippen LogP contribution in [0.3, 0.4) is 0 Å². The number of hydrogen-bond donors (Lipinski definition) is 0. The van der Waals surface area contributed by atoms with Crippen LogP contribution in [0.5, 0.6) is 0 Å². The molecule has 0 N–H and O–H groups in total. The lowest BCUT2D eigenvalue weighted by molar-refractivity contribution is 0.624. The Hall–Kier alpha value is -2.01. The summed E-state index contributed by atoms with van der Waals surface area (Å²) in [6.07, 6.45) is 2.55. The third-order valence-electron chi connectivity index (χ3n) is 3.05. The monoisotopic (exact) mass is 273 g/mol. The molecule has 0 saturated heterocycles. The molecule has 3 rings (SSSR count). The third kappa shape index (κ3) is 2.17. The highest BCUT2D eigenvalue weighted by molar-refractivity contribution is 6.32. The summed E-state index contributed by atoms with van der Waals surface area (Å²) in [6, 6.07) is 7.78. The second kappa shape index (κ2) is 4.93. The number of aryl methyl sites for hydroxylation is 1. The molecule has 0 amide bonds. The van der Waals surface area contributed by atoms with Crippen LogP contribution in [0.1, 0.15) is 18.3 Å². The summed E-state index contributed by atoms with van der Waals surface area (Å²) in [7, 11) is 0. The summed E-state index contributed by atoms with van der Waals surface area (Å²) in [6.45, 7) is 2.55. The predicted octanol–water partition coefficient (Wildman–Crippen LogP) is 2.49. The maximum Gasteiger partial charge on any atom is 0.151 e. The van der Waals surface area contributed by atoms with Crippen molar-refractivity contribution in [2.45, 2.75) is 19.9 Å². The predicted molar refractivity (Wildman–Crippen MR) is 73.1 cm³/mol. The first-order valence-corrected chi connectivity index (χ1v) is 6.44. The van der Waals surface area contributed by atoms with Crippen molar-refractivity contribution < 1.29 is 0 Å². The molecule has 0 spiro atoms. The third-order valence-corrected chi connectivity index (χ3v) is 3.41. The Labute approximate surface area is 115 Å². The van der Waals surface area contributed by atoms with Crippen LogP contribution in [-0.2, 0) is 13.0 Å². The van der Waals surface area contributed by atoms with Gasteiger partial charge in [0, 0.05) is 28.6 Å². The van der Waals surface area contributed by atoms with Crippen LogP contribution in [0.15, 0.2) is 30.5 Å². The second-order valence-corrected chi connectivity index (χ2v) is 4.61. The van der Waals surface area contributed by atoms with E-state index in [1.165, 1.54) is 0 Å². The number of tetrazole rings is 1. The van der Waals surface area contributed by atoms with Gasteiger partial charge in [-0.15, -0.1) is 5.10 Å². The average Bonchev–Trinajstić information content (AvgIpc) is 2.89. The van der Waals surface area contributed by atoms with E-state index in [9.17, 15) is 0 Å². The van der Waals surface area contributed by atoms with Crippen LogP contribution < -0.4 is 0 Å². The number of aromatic nitrogens is 5. The molecule has 1 aromatic carbocycles. The van der Waals surface area contributed by atoms with Crippen molar-refractivity contribution in [3.63, 3.8) is 0 Å². The maximum atomic E-state index is 6.29. The molecule has 0 unspecified atom stereocenters. The average molecular weight is 274 g/mol. The Morgan fingerprint density at radius 1 is 1.26 bits per heavy atom. The quantitative estimate of drug-likeness (QED) is 0.736. The zero-order valence-corrected chi connectivity index (χ0v) is 11.2. The van der Waals surface area contributed by atoms with Gasteiger partial charge in [-0.05, 0) is 22.6 Å². The molecule has 0 saturated carbocycles. The molecule has 0 fully saturated rings. The number of rotatable bonds is 3. The number of pyridine rings is 1. The molecule has 19 heavy (non-hydrogen) atoms. The molecule has 96 valence electrons. The summed E-state index contributed by atoms with van der Waals surface area (Å²) in [5, 5.41) is 13.4. The highest BCUT2D eigenvalue weighted by atomic mass is 35.5. The molecule has 0 atom stereocenters. The van der Waals surface area contributed by atoms with E-state index in [-0.39, 0.29) is 0 Å². The largest absolute Gasteiger partial charge is 0.256 e. The number of fused-ring (bicyclic) bond motifs is 1. The Balaban J connectivity index is 2.12. The first-order valence-electron chi connectivity index (χ1n) is 6.06. The van der Waals surface area contributed by atoms with Gasteiger partial charge in [0.2, 0.25) is 0 Å². The summed E-state index contributed by atoms with van der Waals surface area (Å²) < 4.78 is 1.76. The normalized spacial score (nSPS) is 11.1. The maximum absolute atomic E-state index is 6.29. The van der Waals surface area contributed by atoms with Crippen LogP contribution in [0.2, 0.25) is 5.02 Å². The van der Waals surface area contributed by atoms with E-state index in [0.717, 1.165) is 28.7 Å². The molecular weight excluding hydrogens is 262 g/mol. The molecule has 3 aromatic rings. The minimum Gasteiger partial charge on any atom is -0.256 e. The van der Waals surface area contributed by atoms with Gasteiger partial charge >= 0.3 is 0 Å². The Kier molecular flexibility index (Phi) is 3.13. The van der Waals surface area contributed by atoms with Crippen LogP contribution in [0.4, 0.5) is 0 Å². The van der Waals surface area contributed by atoms with E-state index in [1.807, 2.05) is 31.2 Å². The van der Waals surface area contributed by atoms with Gasteiger partial charge in [0.25, 0.3) is 0 Å². The fourth-order valence-electron chi connectivity index (χ4n) is 2.08. The minimum absolute atomic E-state index is 0.531. The Morgan fingerprint density at radius 2 is 2.16 bits per heavy atom. The fourth-order valence-corrected chi connectivity index (χ4v) is 2.29. The van der Waals surface area contributed by atoms with Gasteiger partial charge in [-0.1, -0.05) is 30.7 Å². The van der Waals surface area contributed by atoms with Crippen molar-refractivity contribution in [2.75, 3.05) is 0 Å². The van der Waals surface area contributed by atoms with Crippen molar-refractivity contribution in [3.05, 3.63) is 46.9 Å². The fraction of sp³-hybridized carbons (Fsp3) is 0.231. The van der Waals surface area contributed by atoms with Gasteiger partial charge in [0.1, 0.15) is 0 Å². The summed E-state index contributed by atoms with van der Waals surface area (Å²) in [5.41, 5.74) is 1.84. The highest BCUT2D eigenvalue weighted by Crippen LogP contribution is 2.25. The second-order valence-electron chi connectivity index (χ2n) is 4.21. The zero-order valence-electron chi connectivity index (χ0n) is 10.4. The molecule has 0 aliphatic rings. The van der Waals surface area contributed by atoms with Gasteiger partial charge in [-0.2, -0.15) is 0 Å². The lowest BCUT2D eigenvalue weighted by Crippen LogP contribution is -2.07. The lowest BCUT2D eigenvalue weighted by atomic mass is 10.1. The molecule has 0 radical (unpaired) electrons. The minimum atomic E-state index is 0.531. The van der Waals surface area contributed by atoms with E-state index in [2.05, 4.69) is 20.5 Å². The standard InChI is InChI=1S/C13H12ClN5/c1-2-12-16-17-18-19(12)8-10-11(14)6-5-9-4-3-7-15-13(9)10/h3-7H,2,8H2,1H3. The van der Waals surface area contributed by atoms with Crippen molar-refractivity contribution in [3.8, 4) is 0 Å². The molecule has 0 aliphatic heterocycles. The number of halogens is 1. The van der Waals surface area contributed by atoms with Gasteiger partial charge in [-0.25, -0.2) is 4.68 Å². The first-order chi connectivity index (χ1) is 9.29. The van der Waals surface area contributed by atoms with E-state index in [0.29, 0.717) is 11.6 Å². The van der Waals surface area contributed by atoms with Gasteiger partial charge in [0.05, 0.1) is 12.1 Å². The molecule has 6 heteroatoms. The number of nitrogens with zero attached hydrogens (tertiary/aromatic N) is 5. The lowest BCUT2D eigenvalue weighted by Gasteiger charge is -2.08. The molecular formula is C13H12ClN5. The van der Waals surface area contributed by atoms with Gasteiger partial charge in [-0.3, -0.25) is 4.98 Å². The molecule has 0 aliphatic carbocycles. The Bertz CT molecular complexity index is 722. The number of hydrogen-bond acceptors (Lipinski definition) is 4. The van der Waals surface area contributed by atoms with Gasteiger partial charge in [0.15, 0.2) is 5.82 Å². The van der Waals surface area contributed by atoms with E-state index < -0.39 is 0 Å². The van der Waals surface area contributed by atoms with E-state index in [4.69, 9.17) is 11.6 Å². The van der Waals surface area contributed by atoms with Crippen LogP contribution >= 0.6 is 11.6 Å². The van der Waals surface area contributed by atoms with E-state index >= 15 is 0 Å². The SMILES string of the molecule is CCc1nnnn1Cc1c(Cl)ccc2cccnc12. The van der Waals surface area contributed by atoms with Gasteiger partial charge < -0.3 is 0 Å². The summed E-state index contributed by atoms with van der Waals surface area (Å²) in [4.78, 5) is 4.41. The molecule has 2 aromatic heterocycles. The van der Waals surface area contributed by atoms with Crippen molar-refractivity contribution in [2.24, 2.45) is 0 Å². The molecule has 0 bridgehead atoms. The van der Waals surface area contributed by atoms with Crippen molar-refractivity contribution >= 4 is 22.5 Å².